The summed E-state index contributed by atoms with van der Waals surface area (Å²) in [5.74, 6) is 0. The minimum absolute atomic E-state index is 0.106. The van der Waals surface area contributed by atoms with E-state index in [9.17, 15) is 0 Å². The molecule has 0 atom stereocenters. The molecule has 0 amide bonds. The monoisotopic (exact) mass is 196 g/mol. The van der Waals surface area contributed by atoms with Crippen LogP contribution in [0.15, 0.2) is 0 Å². The van der Waals surface area contributed by atoms with Crippen molar-refractivity contribution in [2.24, 2.45) is 0 Å². The highest BCUT2D eigenvalue weighted by molar-refractivity contribution is 4.95. The van der Waals surface area contributed by atoms with Gasteiger partial charge in [0.2, 0.25) is 0 Å². The Bertz CT molecular complexity index is 195. The van der Waals surface area contributed by atoms with Crippen molar-refractivity contribution in [1.82, 2.24) is 4.90 Å². The van der Waals surface area contributed by atoms with Gasteiger partial charge in [0.15, 0.2) is 0 Å². The van der Waals surface area contributed by atoms with Crippen molar-refractivity contribution in [3.05, 3.63) is 0 Å². The summed E-state index contributed by atoms with van der Waals surface area (Å²) >= 11 is 0. The predicted octanol–water partition coefficient (Wildman–Crippen LogP) is 3.19. The highest BCUT2D eigenvalue weighted by Crippen LogP contribution is 2.29. The SMILES string of the molecule is CCC(C)(C)N(CC#N)C(C)(C)CC. The summed E-state index contributed by atoms with van der Waals surface area (Å²) in [7, 11) is 0. The van der Waals surface area contributed by atoms with Crippen molar-refractivity contribution in [2.75, 3.05) is 6.54 Å². The van der Waals surface area contributed by atoms with E-state index in [1.807, 2.05) is 0 Å². The first kappa shape index (κ1) is 13.4. The second kappa shape index (κ2) is 4.79. The first-order valence-electron chi connectivity index (χ1n) is 5.46. The van der Waals surface area contributed by atoms with Gasteiger partial charge < -0.3 is 0 Å². The number of rotatable bonds is 5. The lowest BCUT2D eigenvalue weighted by atomic mass is 9.89. The average Bonchev–Trinajstić information content (AvgIpc) is 2.13. The fraction of sp³-hybridized carbons (Fsp3) is 0.917. The van der Waals surface area contributed by atoms with Gasteiger partial charge in [-0.05, 0) is 40.5 Å². The Morgan fingerprint density at radius 3 is 1.57 bits per heavy atom. The van der Waals surface area contributed by atoms with Crippen LogP contribution in [-0.4, -0.2) is 22.5 Å². The van der Waals surface area contributed by atoms with Gasteiger partial charge in [-0.25, -0.2) is 0 Å². The molecule has 0 aromatic rings. The third-order valence-corrected chi connectivity index (χ3v) is 3.42. The van der Waals surface area contributed by atoms with Crippen LogP contribution in [0, 0.1) is 11.3 Å². The normalized spacial score (nSPS) is 13.0. The van der Waals surface area contributed by atoms with Gasteiger partial charge in [0.1, 0.15) is 0 Å². The van der Waals surface area contributed by atoms with Gasteiger partial charge in [-0.2, -0.15) is 5.26 Å². The zero-order valence-corrected chi connectivity index (χ0v) is 10.5. The lowest BCUT2D eigenvalue weighted by Gasteiger charge is -2.47. The maximum absolute atomic E-state index is 8.86. The Balaban J connectivity index is 4.87. The molecular formula is C12H24N2. The fourth-order valence-corrected chi connectivity index (χ4v) is 1.70. The zero-order chi connectivity index (χ0) is 11.4. The molecule has 0 saturated heterocycles. The van der Waals surface area contributed by atoms with Crippen LogP contribution in [0.1, 0.15) is 54.4 Å². The minimum Gasteiger partial charge on any atom is -0.280 e. The van der Waals surface area contributed by atoms with Gasteiger partial charge in [-0.3, -0.25) is 4.90 Å². The molecule has 0 N–H and O–H groups in total. The van der Waals surface area contributed by atoms with Crippen molar-refractivity contribution >= 4 is 0 Å². The molecule has 0 aromatic heterocycles. The van der Waals surface area contributed by atoms with Crippen molar-refractivity contribution in [1.29, 1.82) is 5.26 Å². The number of nitrogens with zero attached hydrogens (tertiary/aromatic N) is 2. The topological polar surface area (TPSA) is 27.0 Å². The van der Waals surface area contributed by atoms with Crippen LogP contribution in [0.25, 0.3) is 0 Å². The second-order valence-corrected chi connectivity index (χ2v) is 5.08. The summed E-state index contributed by atoms with van der Waals surface area (Å²) < 4.78 is 0. The molecule has 0 heterocycles. The summed E-state index contributed by atoms with van der Waals surface area (Å²) in [5, 5.41) is 8.86. The molecule has 0 aliphatic heterocycles. The highest BCUT2D eigenvalue weighted by atomic mass is 15.2. The summed E-state index contributed by atoms with van der Waals surface area (Å²) in [4.78, 5) is 2.31. The molecular weight excluding hydrogens is 172 g/mol. The van der Waals surface area contributed by atoms with Crippen LogP contribution in [0.3, 0.4) is 0 Å². The fourth-order valence-electron chi connectivity index (χ4n) is 1.70. The van der Waals surface area contributed by atoms with E-state index < -0.39 is 0 Å². The maximum atomic E-state index is 8.86. The second-order valence-electron chi connectivity index (χ2n) is 5.08. The highest BCUT2D eigenvalue weighted by Gasteiger charge is 2.35. The van der Waals surface area contributed by atoms with E-state index in [1.165, 1.54) is 0 Å². The summed E-state index contributed by atoms with van der Waals surface area (Å²) in [6.07, 6.45) is 2.14. The molecule has 0 radical (unpaired) electrons. The average molecular weight is 196 g/mol. The van der Waals surface area contributed by atoms with Crippen molar-refractivity contribution in [2.45, 2.75) is 65.5 Å². The number of nitriles is 1. The summed E-state index contributed by atoms with van der Waals surface area (Å²) in [6.45, 7) is 13.7. The molecule has 2 heteroatoms. The quantitative estimate of drug-likeness (QED) is 0.631. The van der Waals surface area contributed by atoms with E-state index in [2.05, 4.69) is 52.5 Å². The van der Waals surface area contributed by atoms with Crippen LogP contribution in [0.2, 0.25) is 0 Å². The molecule has 0 spiro atoms. The lowest BCUT2D eigenvalue weighted by Crippen LogP contribution is -2.55. The molecule has 0 rings (SSSR count). The van der Waals surface area contributed by atoms with Gasteiger partial charge in [-0.1, -0.05) is 13.8 Å². The van der Waals surface area contributed by atoms with E-state index in [0.717, 1.165) is 12.8 Å². The lowest BCUT2D eigenvalue weighted by molar-refractivity contribution is 0.0248. The van der Waals surface area contributed by atoms with E-state index >= 15 is 0 Å². The van der Waals surface area contributed by atoms with Gasteiger partial charge in [0.05, 0.1) is 12.6 Å². The first-order chi connectivity index (χ1) is 6.31. The minimum atomic E-state index is 0.106. The standard InChI is InChI=1S/C12H24N2/c1-7-11(3,4)14(10-9-13)12(5,6)8-2/h7-8,10H2,1-6H3. The summed E-state index contributed by atoms with van der Waals surface area (Å²) in [6, 6.07) is 2.27. The molecule has 82 valence electrons. The largest absolute Gasteiger partial charge is 0.280 e. The van der Waals surface area contributed by atoms with Crippen molar-refractivity contribution < 1.29 is 0 Å². The third-order valence-electron chi connectivity index (χ3n) is 3.42. The molecule has 0 aliphatic carbocycles. The van der Waals surface area contributed by atoms with Crippen LogP contribution in [-0.2, 0) is 0 Å². The van der Waals surface area contributed by atoms with E-state index in [-0.39, 0.29) is 11.1 Å². The van der Waals surface area contributed by atoms with Crippen LogP contribution < -0.4 is 0 Å². The smallest absolute Gasteiger partial charge is 0.0874 e. The Morgan fingerprint density at radius 2 is 1.36 bits per heavy atom. The van der Waals surface area contributed by atoms with Gasteiger partial charge in [-0.15, -0.1) is 0 Å². The van der Waals surface area contributed by atoms with Crippen LogP contribution in [0.5, 0.6) is 0 Å². The van der Waals surface area contributed by atoms with Gasteiger partial charge >= 0.3 is 0 Å². The molecule has 0 aromatic carbocycles. The Hall–Kier alpha value is -0.550. The van der Waals surface area contributed by atoms with Crippen LogP contribution >= 0.6 is 0 Å². The zero-order valence-electron chi connectivity index (χ0n) is 10.5. The van der Waals surface area contributed by atoms with E-state index in [4.69, 9.17) is 5.26 Å². The van der Waals surface area contributed by atoms with Crippen molar-refractivity contribution in [3.63, 3.8) is 0 Å². The molecule has 14 heavy (non-hydrogen) atoms. The first-order valence-corrected chi connectivity index (χ1v) is 5.46. The molecule has 0 fully saturated rings. The van der Waals surface area contributed by atoms with E-state index in [1.54, 1.807) is 0 Å². The molecule has 0 bridgehead atoms. The molecule has 0 saturated carbocycles. The van der Waals surface area contributed by atoms with Gasteiger partial charge in [0, 0.05) is 11.1 Å². The Kier molecular flexibility index (Phi) is 4.61. The van der Waals surface area contributed by atoms with Gasteiger partial charge in [0.25, 0.3) is 0 Å². The Labute approximate surface area is 88.9 Å². The molecule has 2 nitrogen and oxygen atoms in total. The molecule has 0 aliphatic rings. The number of hydrogen-bond acceptors (Lipinski definition) is 2. The van der Waals surface area contributed by atoms with Crippen molar-refractivity contribution in [3.8, 4) is 6.07 Å². The predicted molar refractivity (Wildman–Crippen MR) is 61.1 cm³/mol. The third kappa shape index (κ3) is 2.99. The maximum Gasteiger partial charge on any atom is 0.0874 e. The van der Waals surface area contributed by atoms with E-state index in [0.29, 0.717) is 6.54 Å². The number of hydrogen-bond donors (Lipinski definition) is 0. The molecule has 0 unspecified atom stereocenters. The summed E-state index contributed by atoms with van der Waals surface area (Å²) in [5.41, 5.74) is 0.213. The Morgan fingerprint density at radius 1 is 1.00 bits per heavy atom. The van der Waals surface area contributed by atoms with Crippen LogP contribution in [0.4, 0.5) is 0 Å².